The number of nitrogens with one attached hydrogen (secondary N) is 2. The average molecular weight is 341 g/mol. The molecule has 134 valence electrons. The molecule has 0 aliphatic carbocycles. The summed E-state index contributed by atoms with van der Waals surface area (Å²) in [5.41, 5.74) is 7.26. The molecule has 1 amide bonds. The van der Waals surface area contributed by atoms with Crippen LogP contribution in [0.5, 0.6) is 0 Å². The number of benzene rings is 1. The van der Waals surface area contributed by atoms with Gasteiger partial charge in [-0.1, -0.05) is 51.1 Å². The monoisotopic (exact) mass is 341 g/mol. The van der Waals surface area contributed by atoms with Gasteiger partial charge >= 0.3 is 0 Å². The third-order valence-electron chi connectivity index (χ3n) is 4.70. The van der Waals surface area contributed by atoms with Crippen LogP contribution in [0.25, 0.3) is 0 Å². The molecule has 6 heteroatoms. The topological polar surface area (TPSA) is 85.0 Å². The van der Waals surface area contributed by atoms with Crippen LogP contribution in [0.3, 0.4) is 0 Å². The van der Waals surface area contributed by atoms with Gasteiger partial charge in [-0.2, -0.15) is 5.10 Å². The molecule has 0 fully saturated rings. The summed E-state index contributed by atoms with van der Waals surface area (Å²) in [6, 6.07) is 10.8. The fourth-order valence-corrected chi connectivity index (χ4v) is 3.43. The van der Waals surface area contributed by atoms with E-state index in [-0.39, 0.29) is 11.5 Å². The van der Waals surface area contributed by atoms with Gasteiger partial charge in [0, 0.05) is 31.6 Å². The van der Waals surface area contributed by atoms with Crippen molar-refractivity contribution in [3.63, 3.8) is 0 Å². The summed E-state index contributed by atoms with van der Waals surface area (Å²) in [5, 5.41) is 11.3. The van der Waals surface area contributed by atoms with Crippen molar-refractivity contribution in [3.05, 3.63) is 47.7 Å². The van der Waals surface area contributed by atoms with Gasteiger partial charge < -0.3 is 16.4 Å². The minimum atomic E-state index is -0.442. The smallest absolute Gasteiger partial charge is 0.254 e. The predicted molar refractivity (Wildman–Crippen MR) is 99.4 cm³/mol. The van der Waals surface area contributed by atoms with Gasteiger partial charge in [0.05, 0.1) is 6.20 Å². The number of carbonyl (C=O) groups excluding carboxylic acids is 1. The van der Waals surface area contributed by atoms with E-state index in [1.165, 1.54) is 5.56 Å². The first-order chi connectivity index (χ1) is 11.9. The molecule has 0 saturated carbocycles. The van der Waals surface area contributed by atoms with Gasteiger partial charge in [-0.3, -0.25) is 4.79 Å². The van der Waals surface area contributed by atoms with Crippen LogP contribution in [0.15, 0.2) is 36.5 Å². The van der Waals surface area contributed by atoms with E-state index in [1.807, 2.05) is 10.7 Å². The molecule has 1 aromatic heterocycles. The van der Waals surface area contributed by atoms with Crippen molar-refractivity contribution in [2.24, 2.45) is 17.1 Å². The standard InChI is InChI=1S/C19H27N5O/c1-19(2,3)16(14-7-5-4-6-8-14)21-9-13-10-22-18-15(17(20)25)11-23-24(18)12-13/h4-8,11,13,16,21-22H,9-10,12H2,1-3H3,(H2,20,25)/t13-,16-/m0/s1. The first kappa shape index (κ1) is 17.5. The number of rotatable bonds is 5. The molecular weight excluding hydrogens is 314 g/mol. The lowest BCUT2D eigenvalue weighted by atomic mass is 9.82. The number of amides is 1. The summed E-state index contributed by atoms with van der Waals surface area (Å²) in [5.74, 6) is 0.683. The molecule has 1 aliphatic heterocycles. The predicted octanol–water partition coefficient (Wildman–Crippen LogP) is 2.40. The summed E-state index contributed by atoms with van der Waals surface area (Å²) in [4.78, 5) is 11.4. The Morgan fingerprint density at radius 2 is 2.12 bits per heavy atom. The normalized spacial score (nSPS) is 18.3. The van der Waals surface area contributed by atoms with Crippen LogP contribution in [-0.2, 0) is 6.54 Å². The van der Waals surface area contributed by atoms with E-state index in [2.05, 4.69) is 60.8 Å². The summed E-state index contributed by atoms with van der Waals surface area (Å²) in [7, 11) is 0. The molecule has 3 rings (SSSR count). The number of fused-ring (bicyclic) bond motifs is 1. The van der Waals surface area contributed by atoms with E-state index in [9.17, 15) is 4.79 Å². The molecule has 0 unspecified atom stereocenters. The van der Waals surface area contributed by atoms with Crippen LogP contribution in [0.2, 0.25) is 0 Å². The van der Waals surface area contributed by atoms with E-state index in [4.69, 9.17) is 5.73 Å². The second-order valence-electron chi connectivity index (χ2n) is 7.82. The fraction of sp³-hybridized carbons (Fsp3) is 0.474. The van der Waals surface area contributed by atoms with Gasteiger partial charge in [0.1, 0.15) is 11.4 Å². The van der Waals surface area contributed by atoms with Gasteiger partial charge in [-0.25, -0.2) is 4.68 Å². The Morgan fingerprint density at radius 3 is 2.76 bits per heavy atom. The molecule has 0 bridgehead atoms. The molecular formula is C19H27N5O. The van der Waals surface area contributed by atoms with Crippen LogP contribution in [-0.4, -0.2) is 28.8 Å². The Balaban J connectivity index is 1.67. The van der Waals surface area contributed by atoms with Gasteiger partial charge in [0.2, 0.25) is 0 Å². The SMILES string of the molecule is CC(C)(C)[C@@H](NC[C@H]1CNc2c(C(N)=O)cnn2C1)c1ccccc1. The van der Waals surface area contributed by atoms with Crippen molar-refractivity contribution >= 4 is 11.7 Å². The van der Waals surface area contributed by atoms with Crippen LogP contribution in [0.1, 0.15) is 42.7 Å². The molecule has 2 aromatic rings. The Kier molecular flexibility index (Phi) is 4.81. The molecule has 4 N–H and O–H groups in total. The summed E-state index contributed by atoms with van der Waals surface area (Å²) >= 11 is 0. The molecule has 6 nitrogen and oxygen atoms in total. The van der Waals surface area contributed by atoms with E-state index in [0.717, 1.165) is 25.5 Å². The van der Waals surface area contributed by atoms with E-state index in [0.29, 0.717) is 11.5 Å². The Bertz CT molecular complexity index is 732. The second kappa shape index (κ2) is 6.88. The maximum Gasteiger partial charge on any atom is 0.254 e. The largest absolute Gasteiger partial charge is 0.369 e. The average Bonchev–Trinajstić information content (AvgIpc) is 2.98. The molecule has 0 saturated heterocycles. The second-order valence-corrected chi connectivity index (χ2v) is 7.82. The number of carbonyl (C=O) groups is 1. The highest BCUT2D eigenvalue weighted by Crippen LogP contribution is 2.33. The van der Waals surface area contributed by atoms with E-state index >= 15 is 0 Å². The maximum absolute atomic E-state index is 11.4. The zero-order valence-corrected chi connectivity index (χ0v) is 15.1. The fourth-order valence-electron chi connectivity index (χ4n) is 3.43. The number of hydrogen-bond acceptors (Lipinski definition) is 4. The Hall–Kier alpha value is -2.34. The van der Waals surface area contributed by atoms with Crippen molar-refractivity contribution in [1.82, 2.24) is 15.1 Å². The lowest BCUT2D eigenvalue weighted by Crippen LogP contribution is -2.40. The number of nitrogens with two attached hydrogens (primary N) is 1. The quantitative estimate of drug-likeness (QED) is 0.779. The molecule has 25 heavy (non-hydrogen) atoms. The number of nitrogens with zero attached hydrogens (tertiary/aromatic N) is 2. The Morgan fingerprint density at radius 1 is 1.40 bits per heavy atom. The summed E-state index contributed by atoms with van der Waals surface area (Å²) < 4.78 is 1.84. The Labute approximate surface area is 148 Å². The highest BCUT2D eigenvalue weighted by molar-refractivity contribution is 5.97. The van der Waals surface area contributed by atoms with Crippen LogP contribution in [0, 0.1) is 11.3 Å². The van der Waals surface area contributed by atoms with Crippen LogP contribution < -0.4 is 16.4 Å². The molecule has 0 spiro atoms. The number of aromatic nitrogens is 2. The van der Waals surface area contributed by atoms with Crippen molar-refractivity contribution in [2.45, 2.75) is 33.4 Å². The first-order valence-corrected chi connectivity index (χ1v) is 8.74. The summed E-state index contributed by atoms with van der Waals surface area (Å²) in [6.45, 7) is 9.19. The highest BCUT2D eigenvalue weighted by Gasteiger charge is 2.28. The van der Waals surface area contributed by atoms with Crippen molar-refractivity contribution in [1.29, 1.82) is 0 Å². The van der Waals surface area contributed by atoms with Gasteiger partial charge in [-0.05, 0) is 11.0 Å². The molecule has 1 aliphatic rings. The van der Waals surface area contributed by atoms with Crippen LogP contribution >= 0.6 is 0 Å². The zero-order valence-electron chi connectivity index (χ0n) is 15.1. The van der Waals surface area contributed by atoms with Gasteiger partial charge in [-0.15, -0.1) is 0 Å². The lowest BCUT2D eigenvalue weighted by Gasteiger charge is -2.34. The first-order valence-electron chi connectivity index (χ1n) is 8.74. The van der Waals surface area contributed by atoms with Crippen LogP contribution in [0.4, 0.5) is 5.82 Å². The number of anilines is 1. The number of primary amides is 1. The molecule has 0 radical (unpaired) electrons. The molecule has 1 aromatic carbocycles. The van der Waals surface area contributed by atoms with E-state index < -0.39 is 5.91 Å². The minimum Gasteiger partial charge on any atom is -0.369 e. The summed E-state index contributed by atoms with van der Waals surface area (Å²) in [6.07, 6.45) is 1.54. The molecule has 2 heterocycles. The number of hydrogen-bond donors (Lipinski definition) is 3. The maximum atomic E-state index is 11.4. The minimum absolute atomic E-state index is 0.111. The lowest BCUT2D eigenvalue weighted by molar-refractivity contribution is 0.100. The third kappa shape index (κ3) is 3.85. The van der Waals surface area contributed by atoms with Gasteiger partial charge in [0.25, 0.3) is 5.91 Å². The third-order valence-corrected chi connectivity index (χ3v) is 4.70. The van der Waals surface area contributed by atoms with Crippen molar-refractivity contribution in [3.8, 4) is 0 Å². The van der Waals surface area contributed by atoms with Crippen molar-refractivity contribution in [2.75, 3.05) is 18.4 Å². The highest BCUT2D eigenvalue weighted by atomic mass is 16.1. The zero-order chi connectivity index (χ0) is 18.0. The van der Waals surface area contributed by atoms with Crippen molar-refractivity contribution < 1.29 is 4.79 Å². The van der Waals surface area contributed by atoms with Gasteiger partial charge in [0.15, 0.2) is 0 Å². The van der Waals surface area contributed by atoms with E-state index in [1.54, 1.807) is 6.20 Å². The molecule has 2 atom stereocenters.